The molecule has 1 aromatic heterocycles. The lowest BCUT2D eigenvalue weighted by Gasteiger charge is -2.26. The van der Waals surface area contributed by atoms with E-state index in [1.807, 2.05) is 28.7 Å². The van der Waals surface area contributed by atoms with Gasteiger partial charge in [-0.3, -0.25) is 4.68 Å². The van der Waals surface area contributed by atoms with Crippen LogP contribution >= 0.6 is 34.2 Å². The predicted molar refractivity (Wildman–Crippen MR) is 90.8 cm³/mol. The maximum absolute atomic E-state index is 14.6. The first-order valence-corrected chi connectivity index (χ1v) is 8.29. The van der Waals surface area contributed by atoms with Gasteiger partial charge in [0.15, 0.2) is 5.82 Å². The van der Waals surface area contributed by atoms with Gasteiger partial charge in [0.1, 0.15) is 17.4 Å². The Morgan fingerprint density at radius 3 is 2.87 bits per heavy atom. The molecule has 0 N–H and O–H groups in total. The topological polar surface area (TPSA) is 60.1 Å². The number of aryl methyl sites for hydroxylation is 1. The molecule has 3 rings (SSSR count). The molecule has 5 nitrogen and oxygen atoms in total. The number of halogens is 3. The van der Waals surface area contributed by atoms with Gasteiger partial charge in [-0.1, -0.05) is 11.6 Å². The summed E-state index contributed by atoms with van der Waals surface area (Å²) in [4.78, 5) is 0. The molecule has 1 saturated heterocycles. The van der Waals surface area contributed by atoms with E-state index in [1.54, 1.807) is 13.2 Å². The molecule has 0 bridgehead atoms. The van der Waals surface area contributed by atoms with Crippen molar-refractivity contribution in [2.75, 3.05) is 19.8 Å². The second-order valence-corrected chi connectivity index (χ2v) is 6.78. The standard InChI is InChI=1S/C15H12ClFIN3O2/c1-21-15(11(18)4-20-21)13-9(3-19)12(2-10(16)14(13)17)23-7-8-5-22-6-8/h2,4,8H,5-7H2,1H3. The van der Waals surface area contributed by atoms with Crippen LogP contribution in [-0.4, -0.2) is 29.6 Å². The lowest BCUT2D eigenvalue weighted by atomic mass is 10.0. The van der Waals surface area contributed by atoms with Gasteiger partial charge in [0.2, 0.25) is 0 Å². The minimum absolute atomic E-state index is 0.0872. The van der Waals surface area contributed by atoms with Gasteiger partial charge in [-0.05, 0) is 22.6 Å². The second-order valence-electron chi connectivity index (χ2n) is 5.21. The summed E-state index contributed by atoms with van der Waals surface area (Å²) in [5, 5.41) is 13.5. The smallest absolute Gasteiger partial charge is 0.152 e. The summed E-state index contributed by atoms with van der Waals surface area (Å²) in [5.74, 6) is -0.0903. The number of benzene rings is 1. The maximum atomic E-state index is 14.6. The highest BCUT2D eigenvalue weighted by molar-refractivity contribution is 14.1. The molecule has 1 aliphatic heterocycles. The van der Waals surface area contributed by atoms with Crippen LogP contribution in [0.2, 0.25) is 5.02 Å². The number of rotatable bonds is 4. The molecule has 2 aromatic rings. The fourth-order valence-corrected chi connectivity index (χ4v) is 3.27. The molecule has 1 fully saturated rings. The van der Waals surface area contributed by atoms with Crippen LogP contribution in [0.1, 0.15) is 5.56 Å². The lowest BCUT2D eigenvalue weighted by molar-refractivity contribution is -0.0508. The maximum Gasteiger partial charge on any atom is 0.152 e. The summed E-state index contributed by atoms with van der Waals surface area (Å²) >= 11 is 8.06. The first-order chi connectivity index (χ1) is 11.0. The summed E-state index contributed by atoms with van der Waals surface area (Å²) in [6.45, 7) is 1.66. The predicted octanol–water partition coefficient (Wildman–Crippen LogP) is 3.38. The first kappa shape index (κ1) is 16.5. The zero-order valence-electron chi connectivity index (χ0n) is 12.1. The Bertz CT molecular complexity index is 779. The number of aromatic nitrogens is 2. The molecular weight excluding hydrogens is 436 g/mol. The Balaban J connectivity index is 2.10. The molecule has 0 atom stereocenters. The molecule has 23 heavy (non-hydrogen) atoms. The van der Waals surface area contributed by atoms with Crippen LogP contribution in [0.3, 0.4) is 0 Å². The van der Waals surface area contributed by atoms with Crippen molar-refractivity contribution in [3.63, 3.8) is 0 Å². The Labute approximate surface area is 151 Å². The van der Waals surface area contributed by atoms with E-state index < -0.39 is 5.82 Å². The molecule has 0 spiro atoms. The molecule has 120 valence electrons. The molecule has 0 aliphatic carbocycles. The third kappa shape index (κ3) is 3.03. The van der Waals surface area contributed by atoms with E-state index in [4.69, 9.17) is 21.1 Å². The Kier molecular flexibility index (Phi) is 4.75. The van der Waals surface area contributed by atoms with E-state index in [2.05, 4.69) is 5.10 Å². The normalized spacial score (nSPS) is 14.4. The third-order valence-corrected chi connectivity index (χ3v) is 4.67. The van der Waals surface area contributed by atoms with E-state index in [0.717, 1.165) is 3.57 Å². The molecular formula is C15H12ClFIN3O2. The van der Waals surface area contributed by atoms with Crippen molar-refractivity contribution in [2.45, 2.75) is 0 Å². The largest absolute Gasteiger partial charge is 0.492 e. The Morgan fingerprint density at radius 2 is 2.35 bits per heavy atom. The summed E-state index contributed by atoms with van der Waals surface area (Å²) in [6.07, 6.45) is 1.60. The fraction of sp³-hybridized carbons (Fsp3) is 0.333. The van der Waals surface area contributed by atoms with E-state index in [0.29, 0.717) is 25.5 Å². The van der Waals surface area contributed by atoms with Gasteiger partial charge in [0.25, 0.3) is 0 Å². The van der Waals surface area contributed by atoms with Crippen molar-refractivity contribution >= 4 is 34.2 Å². The third-order valence-electron chi connectivity index (χ3n) is 3.61. The van der Waals surface area contributed by atoms with Crippen LogP contribution in [0.25, 0.3) is 11.3 Å². The summed E-state index contributed by atoms with van der Waals surface area (Å²) in [6, 6.07) is 3.38. The van der Waals surface area contributed by atoms with E-state index >= 15 is 0 Å². The van der Waals surface area contributed by atoms with Gasteiger partial charge in [0.05, 0.1) is 45.9 Å². The van der Waals surface area contributed by atoms with Crippen molar-refractivity contribution in [2.24, 2.45) is 13.0 Å². The number of nitriles is 1. The first-order valence-electron chi connectivity index (χ1n) is 6.83. The summed E-state index contributed by atoms with van der Waals surface area (Å²) in [7, 11) is 1.69. The van der Waals surface area contributed by atoms with Gasteiger partial charge in [-0.25, -0.2) is 4.39 Å². The van der Waals surface area contributed by atoms with E-state index in [-0.39, 0.29) is 27.8 Å². The zero-order valence-corrected chi connectivity index (χ0v) is 15.1. The van der Waals surface area contributed by atoms with Gasteiger partial charge < -0.3 is 9.47 Å². The van der Waals surface area contributed by atoms with Crippen molar-refractivity contribution in [3.05, 3.63) is 32.2 Å². The van der Waals surface area contributed by atoms with Gasteiger partial charge in [-0.2, -0.15) is 10.4 Å². The number of hydrogen-bond acceptors (Lipinski definition) is 4. The number of nitrogens with zero attached hydrogens (tertiary/aromatic N) is 3. The van der Waals surface area contributed by atoms with Gasteiger partial charge in [-0.15, -0.1) is 0 Å². The van der Waals surface area contributed by atoms with Crippen molar-refractivity contribution < 1.29 is 13.9 Å². The minimum Gasteiger partial charge on any atom is -0.492 e. The fourth-order valence-electron chi connectivity index (χ4n) is 2.33. The van der Waals surface area contributed by atoms with Crippen LogP contribution in [-0.2, 0) is 11.8 Å². The quantitative estimate of drug-likeness (QED) is 0.674. The Morgan fingerprint density at radius 1 is 1.61 bits per heavy atom. The minimum atomic E-state index is -0.649. The molecule has 8 heteroatoms. The molecule has 0 amide bonds. The number of ether oxygens (including phenoxy) is 2. The number of hydrogen-bond donors (Lipinski definition) is 0. The average Bonchev–Trinajstić information content (AvgIpc) is 2.80. The second kappa shape index (κ2) is 6.63. The van der Waals surface area contributed by atoms with E-state index in [1.165, 1.54) is 10.7 Å². The van der Waals surface area contributed by atoms with Crippen LogP contribution in [0.5, 0.6) is 5.75 Å². The molecule has 0 unspecified atom stereocenters. The lowest BCUT2D eigenvalue weighted by Crippen LogP contribution is -2.32. The summed E-state index contributed by atoms with van der Waals surface area (Å²) < 4.78 is 27.7. The van der Waals surface area contributed by atoms with Crippen molar-refractivity contribution in [3.8, 4) is 23.1 Å². The average molecular weight is 448 g/mol. The van der Waals surface area contributed by atoms with Gasteiger partial charge >= 0.3 is 0 Å². The van der Waals surface area contributed by atoms with Crippen LogP contribution < -0.4 is 4.74 Å². The molecule has 1 aliphatic rings. The van der Waals surface area contributed by atoms with Crippen LogP contribution in [0, 0.1) is 26.6 Å². The molecule has 2 heterocycles. The SMILES string of the molecule is Cn1ncc(I)c1-c1c(F)c(Cl)cc(OCC2COC2)c1C#N. The Hall–Kier alpha value is -1.37. The van der Waals surface area contributed by atoms with Crippen molar-refractivity contribution in [1.29, 1.82) is 5.26 Å². The van der Waals surface area contributed by atoms with Crippen molar-refractivity contribution in [1.82, 2.24) is 9.78 Å². The highest BCUT2D eigenvalue weighted by Gasteiger charge is 2.25. The highest BCUT2D eigenvalue weighted by atomic mass is 127. The van der Waals surface area contributed by atoms with Crippen LogP contribution in [0.15, 0.2) is 12.3 Å². The van der Waals surface area contributed by atoms with Crippen LogP contribution in [0.4, 0.5) is 4.39 Å². The molecule has 0 radical (unpaired) electrons. The highest BCUT2D eigenvalue weighted by Crippen LogP contribution is 2.39. The monoisotopic (exact) mass is 447 g/mol. The zero-order chi connectivity index (χ0) is 16.6. The van der Waals surface area contributed by atoms with Gasteiger partial charge in [0, 0.05) is 19.0 Å². The molecule has 0 saturated carbocycles. The molecule has 1 aromatic carbocycles. The van der Waals surface area contributed by atoms with E-state index in [9.17, 15) is 9.65 Å². The summed E-state index contributed by atoms with van der Waals surface area (Å²) in [5.41, 5.74) is 0.733.